The van der Waals surface area contributed by atoms with E-state index in [0.717, 1.165) is 12.1 Å². The molecule has 1 aromatic carbocycles. The number of aliphatic hydroxyl groups excluding tert-OH is 2. The number of rotatable bonds is 6. The Hall–Kier alpha value is -2.69. The Labute approximate surface area is 233 Å². The van der Waals surface area contributed by atoms with E-state index in [2.05, 4.69) is 4.98 Å². The Morgan fingerprint density at radius 3 is 2.23 bits per heavy atom. The lowest BCUT2D eigenvalue weighted by molar-refractivity contribution is -0.137. The van der Waals surface area contributed by atoms with Crippen molar-refractivity contribution >= 4 is 39.2 Å². The number of alkyl halides is 3. The monoisotopic (exact) mass is 605 g/mol. The van der Waals surface area contributed by atoms with E-state index in [9.17, 15) is 36.6 Å². The van der Waals surface area contributed by atoms with Crippen molar-refractivity contribution in [2.24, 2.45) is 0 Å². The summed E-state index contributed by atoms with van der Waals surface area (Å²) in [7, 11) is -3.91. The molecule has 1 amide bonds. The molecule has 4 heterocycles. The molecule has 3 saturated heterocycles. The number of carbonyl (C=O) groups excluding carboxylic acids is 1. The number of cyclic esters (lactones) is 1. The lowest BCUT2D eigenvalue weighted by Gasteiger charge is -2.35. The second-order valence-corrected chi connectivity index (χ2v) is 12.2. The van der Waals surface area contributed by atoms with Crippen LogP contribution >= 0.6 is 11.6 Å². The van der Waals surface area contributed by atoms with Crippen molar-refractivity contribution in [2.45, 2.75) is 29.4 Å². The highest BCUT2D eigenvalue weighted by Gasteiger charge is 2.38. The van der Waals surface area contributed by atoms with Crippen molar-refractivity contribution in [1.82, 2.24) is 14.2 Å². The third kappa shape index (κ3) is 5.99. The molecule has 2 N–H and O–H groups in total. The first kappa shape index (κ1) is 28.8. The van der Waals surface area contributed by atoms with Gasteiger partial charge in [0, 0.05) is 51.5 Å². The number of aromatic nitrogens is 1. The molecule has 0 spiro atoms. The molecule has 1 aromatic heterocycles. The van der Waals surface area contributed by atoms with Gasteiger partial charge in [-0.3, -0.25) is 9.80 Å². The number of sulfonamides is 1. The van der Waals surface area contributed by atoms with Crippen LogP contribution in [0.2, 0.25) is 5.15 Å². The van der Waals surface area contributed by atoms with Crippen molar-refractivity contribution < 1.29 is 41.3 Å². The first-order valence-electron chi connectivity index (χ1n) is 12.5. The largest absolute Gasteiger partial charge is 0.443 e. The molecular weight excluding hydrogens is 579 g/mol. The standard InChI is InChI=1S/C24H27ClF3N5O6S/c25-21-9-15(24(26,27)28)10-22(29-21)31-5-7-32(8-6-31)40(37,38)18-3-1-16(2-4-18)33-12-17(39-23(33)36)11-30-13-19(34)20(35)14-30/h1-4,9-10,17,19-20,34-35H,5-8,11-14H2. The van der Waals surface area contributed by atoms with Gasteiger partial charge >= 0.3 is 12.3 Å². The highest BCUT2D eigenvalue weighted by Crippen LogP contribution is 2.33. The van der Waals surface area contributed by atoms with Crippen LogP contribution < -0.4 is 9.80 Å². The molecule has 11 nitrogen and oxygen atoms in total. The van der Waals surface area contributed by atoms with Gasteiger partial charge in [-0.1, -0.05) is 11.6 Å². The highest BCUT2D eigenvalue weighted by atomic mass is 35.5. The fourth-order valence-electron chi connectivity index (χ4n) is 5.02. The number of carbonyl (C=O) groups is 1. The number of ether oxygens (including phenoxy) is 1. The fourth-order valence-corrected chi connectivity index (χ4v) is 6.65. The van der Waals surface area contributed by atoms with Gasteiger partial charge in [-0.15, -0.1) is 0 Å². The molecule has 2 aromatic rings. The molecule has 3 unspecified atom stereocenters. The van der Waals surface area contributed by atoms with Gasteiger partial charge in [0.2, 0.25) is 10.0 Å². The summed E-state index contributed by atoms with van der Waals surface area (Å²) in [6, 6.07) is 7.41. The first-order chi connectivity index (χ1) is 18.8. The van der Waals surface area contributed by atoms with Crippen LogP contribution in [0.25, 0.3) is 0 Å². The molecule has 3 atom stereocenters. The molecule has 3 fully saturated rings. The maximum absolute atomic E-state index is 13.2. The SMILES string of the molecule is O=C1OC(CN2CC(O)C(O)C2)CN1c1ccc(S(=O)(=O)N2CCN(c3cc(C(F)(F)F)cc(Cl)n3)CC2)cc1. The van der Waals surface area contributed by atoms with Gasteiger partial charge in [-0.25, -0.2) is 18.2 Å². The fraction of sp³-hybridized carbons (Fsp3) is 0.500. The van der Waals surface area contributed by atoms with Crippen molar-refractivity contribution in [3.63, 3.8) is 0 Å². The summed E-state index contributed by atoms with van der Waals surface area (Å²) in [6.45, 7) is 1.42. The maximum Gasteiger partial charge on any atom is 0.416 e. The zero-order chi connectivity index (χ0) is 28.8. The summed E-state index contributed by atoms with van der Waals surface area (Å²) in [4.78, 5) is 21.2. The average molecular weight is 606 g/mol. The molecule has 0 radical (unpaired) electrons. The van der Waals surface area contributed by atoms with Gasteiger partial charge < -0.3 is 19.8 Å². The van der Waals surface area contributed by atoms with Crippen LogP contribution in [0.5, 0.6) is 0 Å². The number of amides is 1. The van der Waals surface area contributed by atoms with Crippen LogP contribution in [0.1, 0.15) is 5.56 Å². The van der Waals surface area contributed by atoms with Crippen LogP contribution in [0.4, 0.5) is 29.5 Å². The molecule has 218 valence electrons. The minimum atomic E-state index is -4.59. The van der Waals surface area contributed by atoms with Gasteiger partial charge in [-0.2, -0.15) is 17.5 Å². The van der Waals surface area contributed by atoms with Gasteiger partial charge in [0.1, 0.15) is 17.1 Å². The summed E-state index contributed by atoms with van der Waals surface area (Å²) in [5, 5.41) is 19.1. The number of nitrogens with zero attached hydrogens (tertiary/aromatic N) is 5. The molecule has 0 aliphatic carbocycles. The number of pyridine rings is 1. The van der Waals surface area contributed by atoms with Gasteiger partial charge in [0.15, 0.2) is 0 Å². The Morgan fingerprint density at radius 1 is 1.00 bits per heavy atom. The lowest BCUT2D eigenvalue weighted by atomic mass is 10.2. The molecule has 0 saturated carbocycles. The minimum absolute atomic E-state index is 0.00842. The van der Waals surface area contributed by atoms with Crippen LogP contribution in [-0.2, 0) is 20.9 Å². The quantitative estimate of drug-likeness (QED) is 0.473. The molecule has 16 heteroatoms. The van der Waals surface area contributed by atoms with Gasteiger partial charge in [0.25, 0.3) is 0 Å². The first-order valence-corrected chi connectivity index (χ1v) is 14.3. The third-order valence-electron chi connectivity index (χ3n) is 7.13. The second-order valence-electron chi connectivity index (χ2n) is 9.89. The van der Waals surface area contributed by atoms with Gasteiger partial charge in [0.05, 0.1) is 29.2 Å². The number of halogens is 4. The Morgan fingerprint density at radius 2 is 1.62 bits per heavy atom. The van der Waals surface area contributed by atoms with Crippen LogP contribution in [-0.4, -0.2) is 110 Å². The molecule has 40 heavy (non-hydrogen) atoms. The van der Waals surface area contributed by atoms with Crippen molar-refractivity contribution in [2.75, 3.05) is 62.2 Å². The van der Waals surface area contributed by atoms with E-state index < -0.39 is 46.2 Å². The average Bonchev–Trinajstić information content (AvgIpc) is 3.43. The normalized spacial score (nSPS) is 25.1. The number of hydrogen-bond donors (Lipinski definition) is 2. The van der Waals surface area contributed by atoms with Crippen molar-refractivity contribution in [1.29, 1.82) is 0 Å². The van der Waals surface area contributed by atoms with Crippen LogP contribution in [0, 0.1) is 0 Å². The number of likely N-dealkylation sites (tertiary alicyclic amines) is 1. The van der Waals surface area contributed by atoms with E-state index in [4.69, 9.17) is 16.3 Å². The predicted molar refractivity (Wildman–Crippen MR) is 138 cm³/mol. The smallest absolute Gasteiger partial charge is 0.416 e. The number of piperazine rings is 1. The predicted octanol–water partition coefficient (Wildman–Crippen LogP) is 1.63. The number of hydrogen-bond acceptors (Lipinski definition) is 9. The molecule has 3 aliphatic rings. The Kier molecular flexibility index (Phi) is 7.89. The summed E-state index contributed by atoms with van der Waals surface area (Å²) >= 11 is 5.79. The zero-order valence-corrected chi connectivity index (χ0v) is 22.6. The van der Waals surface area contributed by atoms with E-state index >= 15 is 0 Å². The summed E-state index contributed by atoms with van der Waals surface area (Å²) in [5.41, 5.74) is -0.482. The van der Waals surface area contributed by atoms with Gasteiger partial charge in [-0.05, 0) is 36.4 Å². The van der Waals surface area contributed by atoms with E-state index in [-0.39, 0.29) is 61.7 Å². The minimum Gasteiger partial charge on any atom is -0.443 e. The molecule has 5 rings (SSSR count). The van der Waals surface area contributed by atoms with Crippen LogP contribution in [0.3, 0.4) is 0 Å². The molecule has 3 aliphatic heterocycles. The zero-order valence-electron chi connectivity index (χ0n) is 21.0. The van der Waals surface area contributed by atoms with E-state index in [1.165, 1.54) is 33.5 Å². The summed E-state index contributed by atoms with van der Waals surface area (Å²) in [6.07, 6.45) is -7.35. The van der Waals surface area contributed by atoms with E-state index in [0.29, 0.717) is 12.2 Å². The Bertz CT molecular complexity index is 1350. The van der Waals surface area contributed by atoms with Crippen molar-refractivity contribution in [3.05, 3.63) is 47.1 Å². The lowest BCUT2D eigenvalue weighted by Crippen LogP contribution is -2.49. The second kappa shape index (κ2) is 10.9. The number of benzene rings is 1. The molecule has 0 bridgehead atoms. The molecular formula is C24H27ClF3N5O6S. The number of anilines is 2. The summed E-state index contributed by atoms with van der Waals surface area (Å²) in [5.74, 6) is 0.0223. The third-order valence-corrected chi connectivity index (χ3v) is 9.23. The van der Waals surface area contributed by atoms with Crippen LogP contribution in [0.15, 0.2) is 41.3 Å². The van der Waals surface area contributed by atoms with E-state index in [1.54, 1.807) is 4.90 Å². The summed E-state index contributed by atoms with van der Waals surface area (Å²) < 4.78 is 72.6. The van der Waals surface area contributed by atoms with Crippen molar-refractivity contribution in [3.8, 4) is 0 Å². The topological polar surface area (TPSA) is 127 Å². The highest BCUT2D eigenvalue weighted by molar-refractivity contribution is 7.89. The number of aliphatic hydroxyl groups is 2. The maximum atomic E-state index is 13.2. The van der Waals surface area contributed by atoms with E-state index in [1.807, 2.05) is 4.90 Å². The number of β-amino-alcohol motifs (C(OH)–C–C–N with tert-alkyl or cyclic N) is 2. The Balaban J connectivity index is 1.20.